The molecule has 3 aromatic heterocycles. The predicted molar refractivity (Wildman–Crippen MR) is 145 cm³/mol. The van der Waals surface area contributed by atoms with E-state index in [1.807, 2.05) is 74.6 Å². The van der Waals surface area contributed by atoms with E-state index in [0.717, 1.165) is 22.8 Å². The maximum Gasteiger partial charge on any atom is 0.226 e. The van der Waals surface area contributed by atoms with Crippen LogP contribution < -0.4 is 15.5 Å². The van der Waals surface area contributed by atoms with Gasteiger partial charge < -0.3 is 24.5 Å². The number of hydrogen-bond acceptors (Lipinski definition) is 4. The van der Waals surface area contributed by atoms with Crippen LogP contribution in [0.1, 0.15) is 43.1 Å². The Kier molecular flexibility index (Phi) is 6.80. The maximum atomic E-state index is 12.2. The molecule has 4 heterocycles. The van der Waals surface area contributed by atoms with Crippen molar-refractivity contribution in [2.45, 2.75) is 32.5 Å². The summed E-state index contributed by atoms with van der Waals surface area (Å²) in [6, 6.07) is 19.0. The molecule has 2 N–H and O–H groups in total. The molecule has 1 saturated heterocycles. The number of anilines is 2. The van der Waals surface area contributed by atoms with Crippen molar-refractivity contribution in [1.29, 1.82) is 0 Å². The van der Waals surface area contributed by atoms with Gasteiger partial charge in [-0.25, -0.2) is 0 Å². The Hall–Kier alpha value is -3.62. The highest BCUT2D eigenvalue weighted by Crippen LogP contribution is 2.43. The van der Waals surface area contributed by atoms with E-state index in [0.29, 0.717) is 22.4 Å². The van der Waals surface area contributed by atoms with Gasteiger partial charge in [0.2, 0.25) is 5.91 Å². The van der Waals surface area contributed by atoms with Gasteiger partial charge in [-0.05, 0) is 66.8 Å². The van der Waals surface area contributed by atoms with E-state index in [1.54, 1.807) is 12.5 Å². The molecule has 1 aromatic carbocycles. The minimum atomic E-state index is -0.204. The minimum absolute atomic E-state index is 0.0909. The number of amides is 1. The van der Waals surface area contributed by atoms with Crippen molar-refractivity contribution in [1.82, 2.24) is 14.9 Å². The summed E-state index contributed by atoms with van der Waals surface area (Å²) in [7, 11) is 0. The lowest BCUT2D eigenvalue weighted by Crippen LogP contribution is -2.30. The Morgan fingerprint density at radius 2 is 2.06 bits per heavy atom. The van der Waals surface area contributed by atoms with Crippen LogP contribution in [0.2, 0.25) is 5.02 Å². The molecular formula is C27H26ClN5O2S. The van der Waals surface area contributed by atoms with Crippen LogP contribution in [-0.4, -0.2) is 20.6 Å². The summed E-state index contributed by atoms with van der Waals surface area (Å²) >= 11 is 12.5. The lowest BCUT2D eigenvalue weighted by molar-refractivity contribution is -0.118. The first kappa shape index (κ1) is 24.1. The van der Waals surface area contributed by atoms with Crippen molar-refractivity contribution in [2.24, 2.45) is 5.92 Å². The number of pyridine rings is 1. The van der Waals surface area contributed by atoms with Crippen molar-refractivity contribution in [2.75, 3.05) is 10.2 Å². The Labute approximate surface area is 220 Å². The molecule has 184 valence electrons. The average molecular weight is 520 g/mol. The molecule has 36 heavy (non-hydrogen) atoms. The van der Waals surface area contributed by atoms with Crippen molar-refractivity contribution in [3.8, 4) is 0 Å². The highest BCUT2D eigenvalue weighted by atomic mass is 35.5. The molecule has 0 aliphatic carbocycles. The Morgan fingerprint density at radius 3 is 2.75 bits per heavy atom. The monoisotopic (exact) mass is 519 g/mol. The number of aromatic nitrogens is 2. The molecule has 1 amide bonds. The molecule has 1 fully saturated rings. The van der Waals surface area contributed by atoms with E-state index in [1.165, 1.54) is 0 Å². The third-order valence-electron chi connectivity index (χ3n) is 6.19. The molecule has 5 rings (SSSR count). The maximum absolute atomic E-state index is 12.2. The number of hydrogen-bond donors (Lipinski definition) is 2. The first-order valence-electron chi connectivity index (χ1n) is 11.7. The van der Waals surface area contributed by atoms with Gasteiger partial charge in [0.25, 0.3) is 0 Å². The molecule has 9 heteroatoms. The van der Waals surface area contributed by atoms with Gasteiger partial charge in [0.05, 0.1) is 35.3 Å². The number of nitrogens with one attached hydrogen (secondary N) is 2. The summed E-state index contributed by atoms with van der Waals surface area (Å²) in [6.45, 7) is 4.26. The van der Waals surface area contributed by atoms with Crippen molar-refractivity contribution in [3.05, 3.63) is 101 Å². The average Bonchev–Trinajstić information content (AvgIpc) is 3.61. The van der Waals surface area contributed by atoms with Gasteiger partial charge in [0.1, 0.15) is 11.8 Å². The van der Waals surface area contributed by atoms with Crippen LogP contribution in [0.25, 0.3) is 0 Å². The largest absolute Gasteiger partial charge is 0.467 e. The standard InChI is InChI=1S/C27H26ClN5O2S/c1-17(2)26(34)30-21-11-10-18(15-20(21)28)33-25(24(31-27(33)36)22-8-3-4-12-29-22)23-9-5-13-32(23)16-19-7-6-14-35-19/h3-15,17,24-25H,16H2,1-2H3,(H,30,34)(H,31,36)/t24-,25+/m1/s1. The summed E-state index contributed by atoms with van der Waals surface area (Å²) in [5, 5.41) is 7.36. The van der Waals surface area contributed by atoms with E-state index in [4.69, 9.17) is 28.2 Å². The third-order valence-corrected chi connectivity index (χ3v) is 6.81. The fourth-order valence-corrected chi connectivity index (χ4v) is 4.94. The van der Waals surface area contributed by atoms with Crippen LogP contribution in [0.3, 0.4) is 0 Å². The van der Waals surface area contributed by atoms with Gasteiger partial charge in [0.15, 0.2) is 5.11 Å². The van der Waals surface area contributed by atoms with Gasteiger partial charge in [-0.15, -0.1) is 0 Å². The molecule has 1 aliphatic rings. The zero-order chi connectivity index (χ0) is 25.2. The molecule has 0 unspecified atom stereocenters. The topological polar surface area (TPSA) is 75.3 Å². The smallest absolute Gasteiger partial charge is 0.226 e. The second-order valence-corrected chi connectivity index (χ2v) is 9.74. The summed E-state index contributed by atoms with van der Waals surface area (Å²) in [6.07, 6.45) is 5.49. The number of halogens is 1. The molecule has 0 spiro atoms. The Morgan fingerprint density at radius 1 is 1.19 bits per heavy atom. The minimum Gasteiger partial charge on any atom is -0.467 e. The summed E-state index contributed by atoms with van der Waals surface area (Å²) in [5.74, 6) is 0.614. The zero-order valence-corrected chi connectivity index (χ0v) is 21.5. The molecule has 0 saturated carbocycles. The van der Waals surface area contributed by atoms with Crippen LogP contribution in [-0.2, 0) is 11.3 Å². The second-order valence-electron chi connectivity index (χ2n) is 8.95. The highest BCUT2D eigenvalue weighted by Gasteiger charge is 2.42. The van der Waals surface area contributed by atoms with Crippen LogP contribution in [0.15, 0.2) is 83.7 Å². The van der Waals surface area contributed by atoms with Crippen LogP contribution in [0.4, 0.5) is 11.4 Å². The fourth-order valence-electron chi connectivity index (χ4n) is 4.38. The normalized spacial score (nSPS) is 17.4. The second kappa shape index (κ2) is 10.2. The van der Waals surface area contributed by atoms with Crippen molar-refractivity contribution < 1.29 is 9.21 Å². The van der Waals surface area contributed by atoms with Crippen molar-refractivity contribution >= 4 is 46.2 Å². The van der Waals surface area contributed by atoms with Gasteiger partial charge >= 0.3 is 0 Å². The van der Waals surface area contributed by atoms with Gasteiger partial charge in [-0.3, -0.25) is 9.78 Å². The van der Waals surface area contributed by atoms with Gasteiger partial charge in [0, 0.05) is 29.7 Å². The molecule has 4 aromatic rings. The quantitative estimate of drug-likeness (QED) is 0.294. The third kappa shape index (κ3) is 4.74. The number of furan rings is 1. The van der Waals surface area contributed by atoms with Gasteiger partial charge in [-0.1, -0.05) is 31.5 Å². The number of rotatable bonds is 7. The SMILES string of the molecule is CC(C)C(=O)Nc1ccc(N2C(=S)N[C@H](c3ccccn3)[C@@H]2c2cccn2Cc2ccco2)cc1Cl. The lowest BCUT2D eigenvalue weighted by Gasteiger charge is -2.29. The number of carbonyl (C=O) groups excluding carboxylic acids is 1. The van der Waals surface area contributed by atoms with Crippen molar-refractivity contribution in [3.63, 3.8) is 0 Å². The summed E-state index contributed by atoms with van der Waals surface area (Å²) in [5.41, 5.74) is 3.30. The molecule has 0 radical (unpaired) electrons. The summed E-state index contributed by atoms with van der Waals surface area (Å²) in [4.78, 5) is 18.9. The first-order valence-corrected chi connectivity index (χ1v) is 12.5. The van der Waals surface area contributed by atoms with Crippen LogP contribution in [0.5, 0.6) is 0 Å². The Bertz CT molecular complexity index is 1370. The van der Waals surface area contributed by atoms with E-state index >= 15 is 0 Å². The highest BCUT2D eigenvalue weighted by molar-refractivity contribution is 7.80. The molecular weight excluding hydrogens is 494 g/mol. The summed E-state index contributed by atoms with van der Waals surface area (Å²) < 4.78 is 7.76. The number of benzene rings is 1. The molecule has 7 nitrogen and oxygen atoms in total. The van der Waals surface area contributed by atoms with E-state index < -0.39 is 0 Å². The fraction of sp³-hybridized carbons (Fsp3) is 0.222. The van der Waals surface area contributed by atoms with Crippen LogP contribution >= 0.6 is 23.8 Å². The van der Waals surface area contributed by atoms with E-state index in [9.17, 15) is 4.79 Å². The number of thiocarbonyl (C=S) groups is 1. The van der Waals surface area contributed by atoms with Gasteiger partial charge in [-0.2, -0.15) is 0 Å². The van der Waals surface area contributed by atoms with E-state index in [2.05, 4.69) is 31.2 Å². The molecule has 0 bridgehead atoms. The zero-order valence-electron chi connectivity index (χ0n) is 19.9. The predicted octanol–water partition coefficient (Wildman–Crippen LogP) is 5.95. The molecule has 2 atom stereocenters. The van der Waals surface area contributed by atoms with E-state index in [-0.39, 0.29) is 23.9 Å². The number of nitrogens with zero attached hydrogens (tertiary/aromatic N) is 3. The lowest BCUT2D eigenvalue weighted by atomic mass is 10.0. The first-order chi connectivity index (χ1) is 17.4. The Balaban J connectivity index is 1.55. The number of carbonyl (C=O) groups is 1. The van der Waals surface area contributed by atoms with Crippen LogP contribution in [0, 0.1) is 5.92 Å². The molecule has 1 aliphatic heterocycles.